The van der Waals surface area contributed by atoms with Crippen LogP contribution in [-0.4, -0.2) is 113 Å². The Balaban J connectivity index is 3.92. The summed E-state index contributed by atoms with van der Waals surface area (Å²) < 4.78 is 10.7. The van der Waals surface area contributed by atoms with Crippen LogP contribution in [0.15, 0.2) is 0 Å². The van der Waals surface area contributed by atoms with Crippen LogP contribution in [0.3, 0.4) is 0 Å². The second-order valence-corrected chi connectivity index (χ2v) is 15.3. The van der Waals surface area contributed by atoms with Crippen molar-refractivity contribution in [3.05, 3.63) is 0 Å². The predicted molar refractivity (Wildman–Crippen MR) is 219 cm³/mol. The molecular formula is C42H73N3O14. The third-order valence-electron chi connectivity index (χ3n) is 9.89. The maximum atomic E-state index is 12.4. The summed E-state index contributed by atoms with van der Waals surface area (Å²) in [6.07, 6.45) is 16.7. The first-order valence-electron chi connectivity index (χ1n) is 21.6. The monoisotopic (exact) mass is 844 g/mol. The van der Waals surface area contributed by atoms with Gasteiger partial charge >= 0.3 is 23.9 Å². The number of rotatable bonds is 42. The molecule has 0 aliphatic rings. The van der Waals surface area contributed by atoms with Crippen molar-refractivity contribution in [3.63, 3.8) is 0 Å². The number of ether oxygens (including phenoxy) is 2. The number of carbonyl (C=O) groups is 8. The number of nitrogens with one attached hydrogen (secondary N) is 3. The van der Waals surface area contributed by atoms with Gasteiger partial charge in [-0.1, -0.05) is 90.4 Å². The molecule has 0 aromatic carbocycles. The lowest BCUT2D eigenvalue weighted by Gasteiger charge is -2.16. The molecule has 3 atom stereocenters. The fourth-order valence-corrected chi connectivity index (χ4v) is 6.21. The number of carbonyl (C=O) groups excluding carboxylic acids is 4. The number of hydrogen-bond donors (Lipinski definition) is 7. The quantitative estimate of drug-likeness (QED) is 0.0387. The van der Waals surface area contributed by atoms with Gasteiger partial charge in [-0.3, -0.25) is 33.6 Å². The van der Waals surface area contributed by atoms with E-state index in [-0.39, 0.29) is 70.9 Å². The number of carboxylic acids is 4. The Labute approximate surface area is 349 Å². The first kappa shape index (κ1) is 54.9. The standard InChI is InChI=1S/C42H73N3O14/c1-32(40(52)53)18-16-17-25-43-37(48)24-22-35(42(56)57)45-38(49)23-21-33(41(54)55)30-34(46)31-59-29-28-58-27-26-44-36(47)19-14-12-10-8-6-4-2-3-5-7-9-11-13-15-20-39(50)51/h32-33,35H,2-31H2,1H3,(H,43,48)(H,44,47)(H,45,49)(H,50,51)(H,52,53)(H,54,55)(H,56,57)/t32-,33+,35-/m0/s1. The van der Waals surface area contributed by atoms with E-state index in [2.05, 4.69) is 16.0 Å². The van der Waals surface area contributed by atoms with E-state index in [9.17, 15) is 48.6 Å². The molecule has 0 rings (SSSR count). The van der Waals surface area contributed by atoms with Crippen LogP contribution in [0.1, 0.15) is 161 Å². The van der Waals surface area contributed by atoms with Gasteiger partial charge in [0.1, 0.15) is 12.6 Å². The molecule has 59 heavy (non-hydrogen) atoms. The zero-order valence-electron chi connectivity index (χ0n) is 35.3. The van der Waals surface area contributed by atoms with Crippen LogP contribution >= 0.6 is 0 Å². The number of Topliss-reactive ketones (excluding diaryl/α,β-unsaturated/α-hetero) is 1. The summed E-state index contributed by atoms with van der Waals surface area (Å²) >= 11 is 0. The number of hydrogen-bond acceptors (Lipinski definition) is 10. The third kappa shape index (κ3) is 35.5. The van der Waals surface area contributed by atoms with Crippen LogP contribution in [0.2, 0.25) is 0 Å². The molecule has 0 aliphatic heterocycles. The molecule has 0 aromatic heterocycles. The molecule has 0 bridgehead atoms. The second-order valence-electron chi connectivity index (χ2n) is 15.3. The molecule has 7 N–H and O–H groups in total. The zero-order chi connectivity index (χ0) is 44.1. The van der Waals surface area contributed by atoms with Gasteiger partial charge in [0.25, 0.3) is 0 Å². The molecule has 0 saturated carbocycles. The average molecular weight is 844 g/mol. The lowest BCUT2D eigenvalue weighted by atomic mass is 9.97. The molecule has 340 valence electrons. The number of ketones is 1. The maximum absolute atomic E-state index is 12.4. The molecule has 0 heterocycles. The summed E-state index contributed by atoms with van der Waals surface area (Å²) in [5, 5.41) is 44.3. The first-order chi connectivity index (χ1) is 28.2. The summed E-state index contributed by atoms with van der Waals surface area (Å²) in [6, 6.07) is -1.37. The fourth-order valence-electron chi connectivity index (χ4n) is 6.21. The van der Waals surface area contributed by atoms with E-state index in [1.165, 1.54) is 51.4 Å². The highest BCUT2D eigenvalue weighted by molar-refractivity contribution is 5.86. The summed E-state index contributed by atoms with van der Waals surface area (Å²) in [4.78, 5) is 93.6. The van der Waals surface area contributed by atoms with E-state index < -0.39 is 59.4 Å². The Hall–Kier alpha value is -4.12. The van der Waals surface area contributed by atoms with Gasteiger partial charge in [0.2, 0.25) is 17.7 Å². The molecule has 17 nitrogen and oxygen atoms in total. The van der Waals surface area contributed by atoms with E-state index in [4.69, 9.17) is 19.7 Å². The topological polar surface area (TPSA) is 272 Å². The normalized spacial score (nSPS) is 12.6. The molecule has 0 spiro atoms. The lowest BCUT2D eigenvalue weighted by Crippen LogP contribution is -2.42. The van der Waals surface area contributed by atoms with Crippen molar-refractivity contribution < 1.29 is 68.3 Å². The van der Waals surface area contributed by atoms with Crippen molar-refractivity contribution in [1.82, 2.24) is 16.0 Å². The Morgan fingerprint density at radius 3 is 1.53 bits per heavy atom. The predicted octanol–water partition coefficient (Wildman–Crippen LogP) is 5.26. The molecule has 0 unspecified atom stereocenters. The minimum absolute atomic E-state index is 0.0284. The van der Waals surface area contributed by atoms with Crippen LogP contribution in [0, 0.1) is 11.8 Å². The van der Waals surface area contributed by atoms with Crippen molar-refractivity contribution >= 4 is 47.4 Å². The Morgan fingerprint density at radius 2 is 0.983 bits per heavy atom. The van der Waals surface area contributed by atoms with E-state index in [0.29, 0.717) is 38.8 Å². The molecule has 17 heteroatoms. The van der Waals surface area contributed by atoms with Crippen LogP contribution in [-0.2, 0) is 47.8 Å². The van der Waals surface area contributed by atoms with Gasteiger partial charge in [-0.05, 0) is 38.5 Å². The van der Waals surface area contributed by atoms with E-state index in [1.807, 2.05) is 0 Å². The molecule has 0 radical (unpaired) electrons. The van der Waals surface area contributed by atoms with Crippen LogP contribution in [0.25, 0.3) is 0 Å². The molecule has 0 aliphatic carbocycles. The third-order valence-corrected chi connectivity index (χ3v) is 9.89. The smallest absolute Gasteiger partial charge is 0.326 e. The summed E-state index contributed by atoms with van der Waals surface area (Å²) in [6.45, 7) is 2.42. The van der Waals surface area contributed by atoms with Gasteiger partial charge in [0.15, 0.2) is 5.78 Å². The van der Waals surface area contributed by atoms with Crippen LogP contribution in [0.4, 0.5) is 0 Å². The van der Waals surface area contributed by atoms with Crippen molar-refractivity contribution in [2.45, 2.75) is 167 Å². The largest absolute Gasteiger partial charge is 0.481 e. The van der Waals surface area contributed by atoms with Crippen molar-refractivity contribution in [3.8, 4) is 0 Å². The summed E-state index contributed by atoms with van der Waals surface area (Å²) in [5.74, 6) is -7.56. The number of amides is 3. The molecule has 0 fully saturated rings. The van der Waals surface area contributed by atoms with Gasteiger partial charge in [-0.15, -0.1) is 0 Å². The minimum atomic E-state index is -1.37. The van der Waals surface area contributed by atoms with Gasteiger partial charge in [-0.2, -0.15) is 0 Å². The Bertz CT molecular complexity index is 1230. The Morgan fingerprint density at radius 1 is 0.475 bits per heavy atom. The first-order valence-corrected chi connectivity index (χ1v) is 21.6. The maximum Gasteiger partial charge on any atom is 0.326 e. The highest BCUT2D eigenvalue weighted by Gasteiger charge is 2.25. The van der Waals surface area contributed by atoms with Gasteiger partial charge in [0.05, 0.1) is 31.7 Å². The van der Waals surface area contributed by atoms with Crippen LogP contribution in [0.5, 0.6) is 0 Å². The zero-order valence-corrected chi connectivity index (χ0v) is 35.3. The van der Waals surface area contributed by atoms with Gasteiger partial charge in [-0.25, -0.2) is 4.79 Å². The van der Waals surface area contributed by atoms with E-state index in [1.54, 1.807) is 6.92 Å². The highest BCUT2D eigenvalue weighted by atomic mass is 16.5. The molecule has 0 saturated heterocycles. The van der Waals surface area contributed by atoms with E-state index in [0.717, 1.165) is 38.5 Å². The Kier molecular flexibility index (Phi) is 34.3. The number of carboxylic acid groups (broad SMARTS) is 4. The summed E-state index contributed by atoms with van der Waals surface area (Å²) in [5.41, 5.74) is 0. The minimum Gasteiger partial charge on any atom is -0.481 e. The van der Waals surface area contributed by atoms with Gasteiger partial charge in [0, 0.05) is 45.2 Å². The number of aliphatic carboxylic acids is 4. The molecule has 0 aromatic rings. The van der Waals surface area contributed by atoms with Crippen molar-refractivity contribution in [2.75, 3.05) is 39.5 Å². The lowest BCUT2D eigenvalue weighted by molar-refractivity contribution is -0.145. The van der Waals surface area contributed by atoms with Gasteiger partial charge < -0.3 is 45.9 Å². The van der Waals surface area contributed by atoms with Crippen molar-refractivity contribution in [1.29, 1.82) is 0 Å². The highest BCUT2D eigenvalue weighted by Crippen LogP contribution is 2.15. The van der Waals surface area contributed by atoms with Crippen LogP contribution < -0.4 is 16.0 Å². The van der Waals surface area contributed by atoms with Crippen molar-refractivity contribution in [2.24, 2.45) is 11.8 Å². The fraction of sp³-hybridized carbons (Fsp3) is 0.810. The second kappa shape index (κ2) is 36.9. The SMILES string of the molecule is C[C@@H](CCCCNC(=O)CC[C@H](NC(=O)CC[C@H](CC(=O)COCCOCCNC(=O)CCCCCCCCCCCCCCCCC(=O)O)C(=O)O)C(=O)O)C(=O)O. The molecular weight excluding hydrogens is 770 g/mol. The summed E-state index contributed by atoms with van der Waals surface area (Å²) in [7, 11) is 0. The van der Waals surface area contributed by atoms with E-state index >= 15 is 0 Å². The number of unbranched alkanes of at least 4 members (excludes halogenated alkanes) is 14. The molecule has 3 amide bonds. The average Bonchev–Trinajstić information content (AvgIpc) is 3.18.